The van der Waals surface area contributed by atoms with Crippen molar-refractivity contribution in [1.82, 2.24) is 0 Å². The summed E-state index contributed by atoms with van der Waals surface area (Å²) >= 11 is 0. The number of aliphatic hydroxyl groups excluding tert-OH is 1. The van der Waals surface area contributed by atoms with Crippen LogP contribution in [0.25, 0.3) is 0 Å². The quantitative estimate of drug-likeness (QED) is 0.743. The van der Waals surface area contributed by atoms with E-state index in [0.29, 0.717) is 37.1 Å². The first-order valence-corrected chi connectivity index (χ1v) is 9.05. The topological polar surface area (TPSA) is 46.5 Å². The number of fused-ring (bicyclic) bond motifs is 1. The zero-order valence-corrected chi connectivity index (χ0v) is 13.8. The minimum Gasteiger partial charge on any atom is -0.393 e. The number of hydrogen-bond donors (Lipinski definition) is 1. The molecule has 3 rings (SSSR count). The van der Waals surface area contributed by atoms with E-state index in [9.17, 15) is 9.90 Å². The Morgan fingerprint density at radius 3 is 2.70 bits per heavy atom. The van der Waals surface area contributed by atoms with Gasteiger partial charge in [-0.15, -0.1) is 0 Å². The number of ketones is 1. The van der Waals surface area contributed by atoms with Crippen molar-refractivity contribution < 1.29 is 14.6 Å². The van der Waals surface area contributed by atoms with Gasteiger partial charge in [-0.1, -0.05) is 43.2 Å². The molecule has 1 aromatic carbocycles. The van der Waals surface area contributed by atoms with E-state index in [2.05, 4.69) is 12.1 Å². The monoisotopic (exact) mass is 316 g/mol. The number of carbonyl (C=O) groups excluding carboxylic acids is 1. The van der Waals surface area contributed by atoms with E-state index in [1.807, 2.05) is 18.2 Å². The van der Waals surface area contributed by atoms with E-state index in [1.54, 1.807) is 0 Å². The minimum atomic E-state index is -0.235. The lowest BCUT2D eigenvalue weighted by molar-refractivity contribution is -0.118. The molecule has 0 amide bonds. The predicted molar refractivity (Wildman–Crippen MR) is 89.9 cm³/mol. The number of aliphatic hydroxyl groups is 1. The minimum absolute atomic E-state index is 0.235. The zero-order chi connectivity index (χ0) is 16.1. The third-order valence-corrected chi connectivity index (χ3v) is 5.56. The molecule has 0 aliphatic heterocycles. The van der Waals surface area contributed by atoms with Gasteiger partial charge in [0.05, 0.1) is 12.7 Å². The molecule has 0 bridgehead atoms. The van der Waals surface area contributed by atoms with E-state index >= 15 is 0 Å². The molecule has 0 heterocycles. The molecule has 2 saturated carbocycles. The normalized spacial score (nSPS) is 29.9. The van der Waals surface area contributed by atoms with Crippen LogP contribution in [-0.2, 0) is 16.1 Å². The number of carbonyl (C=O) groups is 1. The van der Waals surface area contributed by atoms with Crippen LogP contribution in [0.2, 0.25) is 0 Å². The summed E-state index contributed by atoms with van der Waals surface area (Å²) in [6.07, 6.45) is 6.65. The Kier molecular flexibility index (Phi) is 5.85. The summed E-state index contributed by atoms with van der Waals surface area (Å²) in [6.45, 7) is 1.50. The van der Waals surface area contributed by atoms with Crippen LogP contribution in [0.1, 0.15) is 50.5 Å². The second-order valence-electron chi connectivity index (χ2n) is 7.24. The van der Waals surface area contributed by atoms with E-state index < -0.39 is 0 Å². The van der Waals surface area contributed by atoms with E-state index in [-0.39, 0.29) is 12.0 Å². The van der Waals surface area contributed by atoms with Gasteiger partial charge in [0.25, 0.3) is 0 Å². The van der Waals surface area contributed by atoms with Crippen LogP contribution in [0.3, 0.4) is 0 Å². The average molecular weight is 316 g/mol. The standard InChI is InChI=1S/C20H28O3/c21-18-12-17-11-16(20(22)19(17)13-18)9-5-2-6-10-23-14-15-7-3-1-4-8-15/h1,3-4,7-8,16-17,19-20,22H,2,5-6,9-14H2/t16-,17-,19+,20-/m0/s1. The number of rotatable bonds is 8. The molecule has 2 aliphatic carbocycles. The molecule has 126 valence electrons. The second kappa shape index (κ2) is 8.07. The van der Waals surface area contributed by atoms with Gasteiger partial charge in [0.15, 0.2) is 0 Å². The summed E-state index contributed by atoms with van der Waals surface area (Å²) in [6, 6.07) is 10.3. The van der Waals surface area contributed by atoms with Gasteiger partial charge in [-0.05, 0) is 42.6 Å². The molecule has 23 heavy (non-hydrogen) atoms. The molecule has 2 fully saturated rings. The van der Waals surface area contributed by atoms with Crippen LogP contribution in [0.4, 0.5) is 0 Å². The molecule has 1 N–H and O–H groups in total. The summed E-state index contributed by atoms with van der Waals surface area (Å²) < 4.78 is 5.70. The Morgan fingerprint density at radius 1 is 1.09 bits per heavy atom. The first-order valence-electron chi connectivity index (χ1n) is 9.05. The Labute approximate surface area is 139 Å². The lowest BCUT2D eigenvalue weighted by Crippen LogP contribution is -2.21. The van der Waals surface area contributed by atoms with Gasteiger partial charge in [0, 0.05) is 19.4 Å². The smallest absolute Gasteiger partial charge is 0.133 e. The molecule has 0 saturated heterocycles. The SMILES string of the molecule is O=C1C[C@@H]2C[C@H](CCCCCOCc3ccccc3)[C@H](O)[C@@H]2C1. The lowest BCUT2D eigenvalue weighted by Gasteiger charge is -2.17. The molecule has 2 aliphatic rings. The number of ether oxygens (including phenoxy) is 1. The van der Waals surface area contributed by atoms with Crippen LogP contribution in [0.15, 0.2) is 30.3 Å². The van der Waals surface area contributed by atoms with Crippen LogP contribution < -0.4 is 0 Å². The second-order valence-corrected chi connectivity index (χ2v) is 7.24. The highest BCUT2D eigenvalue weighted by Crippen LogP contribution is 2.47. The lowest BCUT2D eigenvalue weighted by atomic mass is 9.94. The zero-order valence-electron chi connectivity index (χ0n) is 13.8. The molecule has 3 heteroatoms. The maximum atomic E-state index is 11.4. The van der Waals surface area contributed by atoms with Crippen molar-refractivity contribution in [3.63, 3.8) is 0 Å². The maximum absolute atomic E-state index is 11.4. The van der Waals surface area contributed by atoms with E-state index in [4.69, 9.17) is 4.74 Å². The number of Topliss-reactive ketones (excluding diaryl/α,β-unsaturated/α-hetero) is 1. The van der Waals surface area contributed by atoms with Crippen molar-refractivity contribution in [2.45, 2.75) is 57.7 Å². The highest BCUT2D eigenvalue weighted by Gasteiger charge is 2.46. The molecule has 0 unspecified atom stereocenters. The van der Waals surface area contributed by atoms with Gasteiger partial charge >= 0.3 is 0 Å². The molecule has 1 aromatic rings. The third kappa shape index (κ3) is 4.42. The van der Waals surface area contributed by atoms with E-state index in [1.165, 1.54) is 5.56 Å². The average Bonchev–Trinajstić information content (AvgIpc) is 3.05. The largest absolute Gasteiger partial charge is 0.393 e. The third-order valence-electron chi connectivity index (χ3n) is 5.56. The van der Waals surface area contributed by atoms with Gasteiger partial charge in [0.1, 0.15) is 5.78 Å². The summed E-state index contributed by atoms with van der Waals surface area (Å²) in [4.78, 5) is 11.4. The Morgan fingerprint density at radius 2 is 1.91 bits per heavy atom. The first kappa shape index (κ1) is 16.7. The number of unbranched alkanes of at least 4 members (excludes halogenated alkanes) is 2. The fourth-order valence-corrected chi connectivity index (χ4v) is 4.33. The maximum Gasteiger partial charge on any atom is 0.133 e. The fourth-order valence-electron chi connectivity index (χ4n) is 4.33. The highest BCUT2D eigenvalue weighted by atomic mass is 16.5. The summed E-state index contributed by atoms with van der Waals surface area (Å²) in [5.41, 5.74) is 1.22. The molecule has 0 aromatic heterocycles. The van der Waals surface area contributed by atoms with Crippen molar-refractivity contribution in [3.05, 3.63) is 35.9 Å². The van der Waals surface area contributed by atoms with Gasteiger partial charge in [-0.25, -0.2) is 0 Å². The van der Waals surface area contributed by atoms with Crippen molar-refractivity contribution >= 4 is 5.78 Å². The summed E-state index contributed by atoms with van der Waals surface area (Å²) in [5.74, 6) is 1.51. The Hall–Kier alpha value is -1.19. The van der Waals surface area contributed by atoms with Gasteiger partial charge in [0.2, 0.25) is 0 Å². The summed E-state index contributed by atoms with van der Waals surface area (Å²) in [5, 5.41) is 10.4. The van der Waals surface area contributed by atoms with Crippen LogP contribution >= 0.6 is 0 Å². The van der Waals surface area contributed by atoms with Crippen molar-refractivity contribution in [2.75, 3.05) is 6.61 Å². The first-order chi connectivity index (χ1) is 11.2. The van der Waals surface area contributed by atoms with Crippen LogP contribution in [0.5, 0.6) is 0 Å². The molecule has 4 atom stereocenters. The molecule has 0 spiro atoms. The molecular formula is C20H28O3. The van der Waals surface area contributed by atoms with Gasteiger partial charge in [-0.3, -0.25) is 4.79 Å². The van der Waals surface area contributed by atoms with Crippen molar-refractivity contribution in [2.24, 2.45) is 17.8 Å². The predicted octanol–water partition coefficient (Wildman–Crippen LogP) is 3.74. The number of hydrogen-bond acceptors (Lipinski definition) is 3. The van der Waals surface area contributed by atoms with E-state index in [0.717, 1.165) is 38.7 Å². The van der Waals surface area contributed by atoms with Gasteiger partial charge in [-0.2, -0.15) is 0 Å². The van der Waals surface area contributed by atoms with Crippen LogP contribution in [-0.4, -0.2) is 23.6 Å². The Balaban J connectivity index is 1.24. The van der Waals surface area contributed by atoms with Crippen molar-refractivity contribution in [3.8, 4) is 0 Å². The Bertz CT molecular complexity index is 499. The highest BCUT2D eigenvalue weighted by molar-refractivity contribution is 5.81. The molecule has 0 radical (unpaired) electrons. The van der Waals surface area contributed by atoms with Gasteiger partial charge < -0.3 is 9.84 Å². The molecule has 3 nitrogen and oxygen atoms in total. The summed E-state index contributed by atoms with van der Waals surface area (Å²) in [7, 11) is 0. The van der Waals surface area contributed by atoms with Crippen molar-refractivity contribution in [1.29, 1.82) is 0 Å². The fraction of sp³-hybridized carbons (Fsp3) is 0.650. The van der Waals surface area contributed by atoms with Crippen LogP contribution in [0, 0.1) is 17.8 Å². The molecular weight excluding hydrogens is 288 g/mol. The number of benzene rings is 1.